The average molecular weight is 305 g/mol. The van der Waals surface area contributed by atoms with Crippen molar-refractivity contribution in [3.05, 3.63) is 40.1 Å². The minimum Gasteiger partial charge on any atom is -0.465 e. The Balaban J connectivity index is 1.79. The molecule has 1 aliphatic rings. The first kappa shape index (κ1) is 14.3. The number of ether oxygens (including phenoxy) is 1. The van der Waals surface area contributed by atoms with Crippen LogP contribution in [-0.2, 0) is 11.3 Å². The van der Waals surface area contributed by atoms with E-state index in [-0.39, 0.29) is 5.97 Å². The second-order valence-electron chi connectivity index (χ2n) is 5.22. The first-order chi connectivity index (χ1) is 10.3. The zero-order chi connectivity index (χ0) is 14.7. The molecule has 2 aromatic heterocycles. The lowest BCUT2D eigenvalue weighted by atomic mass is 10.0. The van der Waals surface area contributed by atoms with Gasteiger partial charge in [-0.15, -0.1) is 11.3 Å². The molecule has 1 atom stereocenters. The van der Waals surface area contributed by atoms with Crippen molar-refractivity contribution in [1.82, 2.24) is 14.9 Å². The van der Waals surface area contributed by atoms with Gasteiger partial charge in [0.25, 0.3) is 0 Å². The van der Waals surface area contributed by atoms with Crippen molar-refractivity contribution in [2.45, 2.75) is 31.8 Å². The molecule has 112 valence electrons. The summed E-state index contributed by atoms with van der Waals surface area (Å²) in [5, 5.41) is 1.95. The maximum Gasteiger partial charge on any atom is 0.348 e. The van der Waals surface area contributed by atoms with E-state index >= 15 is 0 Å². The molecule has 0 amide bonds. The van der Waals surface area contributed by atoms with Crippen LogP contribution < -0.4 is 0 Å². The third kappa shape index (κ3) is 3.01. The molecule has 0 spiro atoms. The third-order valence-corrected chi connectivity index (χ3v) is 4.88. The fourth-order valence-corrected chi connectivity index (χ4v) is 3.73. The Hall–Kier alpha value is -1.66. The summed E-state index contributed by atoms with van der Waals surface area (Å²) in [5.41, 5.74) is 1.05. The summed E-state index contributed by atoms with van der Waals surface area (Å²) < 4.78 is 4.86. The molecule has 1 unspecified atom stereocenters. The number of carbonyl (C=O) groups excluding carboxylic acids is 1. The normalized spacial score (nSPS) is 19.6. The molecule has 0 radical (unpaired) electrons. The molecule has 0 aromatic carbocycles. The van der Waals surface area contributed by atoms with Crippen LogP contribution in [0.1, 0.15) is 46.4 Å². The van der Waals surface area contributed by atoms with E-state index in [1.807, 2.05) is 17.6 Å². The van der Waals surface area contributed by atoms with Crippen LogP contribution in [0.5, 0.6) is 0 Å². The third-order valence-electron chi connectivity index (χ3n) is 3.94. The Morgan fingerprint density at radius 1 is 1.57 bits per heavy atom. The number of aromatic amines is 1. The van der Waals surface area contributed by atoms with Crippen LogP contribution in [0.15, 0.2) is 23.8 Å². The molecule has 5 nitrogen and oxygen atoms in total. The molecule has 1 fully saturated rings. The smallest absolute Gasteiger partial charge is 0.348 e. The number of methoxy groups -OCH3 is 1. The lowest BCUT2D eigenvalue weighted by Crippen LogP contribution is -2.33. The first-order valence-electron chi connectivity index (χ1n) is 7.17. The van der Waals surface area contributed by atoms with Gasteiger partial charge in [-0.25, -0.2) is 9.78 Å². The summed E-state index contributed by atoms with van der Waals surface area (Å²) in [7, 11) is 1.43. The first-order valence-corrected chi connectivity index (χ1v) is 8.05. The Morgan fingerprint density at radius 2 is 2.48 bits per heavy atom. The van der Waals surface area contributed by atoms with Crippen molar-refractivity contribution >= 4 is 17.3 Å². The second-order valence-corrected chi connectivity index (χ2v) is 6.14. The number of H-pyrrole nitrogens is 1. The Labute approximate surface area is 128 Å². The minimum atomic E-state index is -0.244. The molecule has 0 saturated carbocycles. The van der Waals surface area contributed by atoms with Crippen LogP contribution in [0, 0.1) is 0 Å². The van der Waals surface area contributed by atoms with Crippen LogP contribution in [0.3, 0.4) is 0 Å². The monoisotopic (exact) mass is 305 g/mol. The number of hydrogen-bond acceptors (Lipinski definition) is 5. The highest BCUT2D eigenvalue weighted by Crippen LogP contribution is 2.31. The number of likely N-dealkylation sites (tertiary alicyclic amines) is 1. The number of thiophene rings is 1. The van der Waals surface area contributed by atoms with Gasteiger partial charge >= 0.3 is 5.97 Å². The molecular formula is C15H19N3O2S. The van der Waals surface area contributed by atoms with Crippen LogP contribution in [0.25, 0.3) is 0 Å². The predicted molar refractivity (Wildman–Crippen MR) is 81.2 cm³/mol. The highest BCUT2D eigenvalue weighted by molar-refractivity contribution is 7.12. The molecule has 0 bridgehead atoms. The van der Waals surface area contributed by atoms with Gasteiger partial charge in [0.05, 0.1) is 13.2 Å². The number of aromatic nitrogens is 2. The van der Waals surface area contributed by atoms with Crippen LogP contribution in [-0.4, -0.2) is 34.5 Å². The van der Waals surface area contributed by atoms with Crippen molar-refractivity contribution in [2.24, 2.45) is 0 Å². The zero-order valence-corrected chi connectivity index (χ0v) is 12.9. The highest BCUT2D eigenvalue weighted by atomic mass is 32.1. The van der Waals surface area contributed by atoms with Crippen molar-refractivity contribution in [3.63, 3.8) is 0 Å². The number of imidazole rings is 1. The molecule has 3 heterocycles. The van der Waals surface area contributed by atoms with Crippen LogP contribution in [0.4, 0.5) is 0 Å². The Kier molecular flexibility index (Phi) is 4.36. The second kappa shape index (κ2) is 6.41. The fourth-order valence-electron chi connectivity index (χ4n) is 2.90. The predicted octanol–water partition coefficient (Wildman–Crippen LogP) is 2.99. The van der Waals surface area contributed by atoms with E-state index in [1.165, 1.54) is 31.3 Å². The lowest BCUT2D eigenvalue weighted by Gasteiger charge is -2.34. The van der Waals surface area contributed by atoms with Gasteiger partial charge in [0.1, 0.15) is 10.7 Å². The van der Waals surface area contributed by atoms with E-state index in [2.05, 4.69) is 14.9 Å². The molecule has 1 N–H and O–H groups in total. The number of esters is 1. The molecule has 1 saturated heterocycles. The summed E-state index contributed by atoms with van der Waals surface area (Å²) in [6.07, 6.45) is 7.18. The SMILES string of the molecule is COC(=O)c1sccc1CN1CCCCC1c1ncc[nH]1. The van der Waals surface area contributed by atoms with Gasteiger partial charge < -0.3 is 9.72 Å². The van der Waals surface area contributed by atoms with E-state index in [4.69, 9.17) is 4.74 Å². The van der Waals surface area contributed by atoms with Crippen LogP contribution in [0.2, 0.25) is 0 Å². The van der Waals surface area contributed by atoms with Gasteiger partial charge in [-0.2, -0.15) is 0 Å². The number of hydrogen-bond donors (Lipinski definition) is 1. The Morgan fingerprint density at radius 3 is 3.24 bits per heavy atom. The van der Waals surface area contributed by atoms with Gasteiger partial charge in [-0.1, -0.05) is 6.42 Å². The quantitative estimate of drug-likeness (QED) is 0.882. The molecule has 21 heavy (non-hydrogen) atoms. The maximum atomic E-state index is 11.8. The summed E-state index contributed by atoms with van der Waals surface area (Å²) in [6.45, 7) is 1.79. The highest BCUT2D eigenvalue weighted by Gasteiger charge is 2.27. The topological polar surface area (TPSA) is 58.2 Å². The molecule has 1 aliphatic heterocycles. The number of rotatable bonds is 4. The van der Waals surface area contributed by atoms with Crippen molar-refractivity contribution in [3.8, 4) is 0 Å². The van der Waals surface area contributed by atoms with Gasteiger partial charge in [0, 0.05) is 18.9 Å². The van der Waals surface area contributed by atoms with Gasteiger partial charge in [-0.3, -0.25) is 4.90 Å². The van der Waals surface area contributed by atoms with Gasteiger partial charge in [0.15, 0.2) is 0 Å². The molecule has 6 heteroatoms. The summed E-state index contributed by atoms with van der Waals surface area (Å²) >= 11 is 1.44. The van der Waals surface area contributed by atoms with Crippen molar-refractivity contribution < 1.29 is 9.53 Å². The fraction of sp³-hybridized carbons (Fsp3) is 0.467. The van der Waals surface area contributed by atoms with Crippen molar-refractivity contribution in [2.75, 3.05) is 13.7 Å². The summed E-state index contributed by atoms with van der Waals surface area (Å²) in [5.74, 6) is 0.774. The minimum absolute atomic E-state index is 0.244. The largest absolute Gasteiger partial charge is 0.465 e. The molecule has 3 rings (SSSR count). The number of carbonyl (C=O) groups is 1. The lowest BCUT2D eigenvalue weighted by molar-refractivity contribution is 0.0602. The number of nitrogens with zero attached hydrogens (tertiary/aromatic N) is 2. The number of nitrogens with one attached hydrogen (secondary N) is 1. The number of piperidine rings is 1. The van der Waals surface area contributed by atoms with Crippen molar-refractivity contribution in [1.29, 1.82) is 0 Å². The summed E-state index contributed by atoms with van der Waals surface area (Å²) in [4.78, 5) is 22.5. The van der Waals surface area contributed by atoms with Crippen LogP contribution >= 0.6 is 11.3 Å². The molecule has 0 aliphatic carbocycles. The van der Waals surface area contributed by atoms with E-state index in [0.717, 1.165) is 30.9 Å². The van der Waals surface area contributed by atoms with E-state index in [9.17, 15) is 4.79 Å². The maximum absolute atomic E-state index is 11.8. The van der Waals surface area contributed by atoms with Gasteiger partial charge in [-0.05, 0) is 36.4 Å². The molecular weight excluding hydrogens is 286 g/mol. The van der Waals surface area contributed by atoms with E-state index in [0.29, 0.717) is 10.9 Å². The van der Waals surface area contributed by atoms with Gasteiger partial charge in [0.2, 0.25) is 0 Å². The van der Waals surface area contributed by atoms with E-state index < -0.39 is 0 Å². The Bertz CT molecular complexity index is 594. The standard InChI is InChI=1S/C15H19N3O2S/c1-20-15(19)13-11(5-9-21-13)10-18-8-3-2-4-12(18)14-16-6-7-17-14/h5-7,9,12H,2-4,8,10H2,1H3,(H,16,17). The average Bonchev–Trinajstić information content (AvgIpc) is 3.18. The molecule has 2 aromatic rings. The van der Waals surface area contributed by atoms with E-state index in [1.54, 1.807) is 6.20 Å². The summed E-state index contributed by atoms with van der Waals surface area (Å²) in [6, 6.07) is 2.32. The zero-order valence-electron chi connectivity index (χ0n) is 12.0.